The number of fused-ring (bicyclic) bond motifs is 1. The van der Waals surface area contributed by atoms with Crippen LogP contribution >= 0.6 is 0 Å². The Bertz CT molecular complexity index is 435. The molecule has 0 saturated carbocycles. The Labute approximate surface area is 131 Å². The molecule has 0 aromatic heterocycles. The standard InChI is InChI=1S/C16H25NO5/c1-11(9-17)7-12-3-5-14-16(10-18,22-12)8-13(21-14)4-6-15(19)20-2/h11-14,18H,3-8,10H2,1-2H3/t11-,12?,13+,14+,16?/m1/s1. The third kappa shape index (κ3) is 3.78. The lowest BCUT2D eigenvalue weighted by Gasteiger charge is -2.41. The molecule has 22 heavy (non-hydrogen) atoms. The van der Waals surface area contributed by atoms with E-state index < -0.39 is 5.60 Å². The minimum atomic E-state index is -0.682. The molecule has 0 spiro atoms. The van der Waals surface area contributed by atoms with Gasteiger partial charge in [-0.2, -0.15) is 5.26 Å². The monoisotopic (exact) mass is 311 g/mol. The predicted octanol–water partition coefficient (Wildman–Crippen LogP) is 1.56. The molecule has 2 saturated heterocycles. The van der Waals surface area contributed by atoms with E-state index in [2.05, 4.69) is 10.8 Å². The van der Waals surface area contributed by atoms with Crippen LogP contribution in [0.5, 0.6) is 0 Å². The van der Waals surface area contributed by atoms with E-state index in [9.17, 15) is 9.90 Å². The maximum atomic E-state index is 11.2. The molecule has 6 nitrogen and oxygen atoms in total. The molecular weight excluding hydrogens is 286 g/mol. The lowest BCUT2D eigenvalue weighted by atomic mass is 9.85. The van der Waals surface area contributed by atoms with Gasteiger partial charge in [-0.25, -0.2) is 0 Å². The Kier molecular flexibility index (Phi) is 5.79. The van der Waals surface area contributed by atoms with Gasteiger partial charge in [-0.3, -0.25) is 4.79 Å². The second kappa shape index (κ2) is 7.40. The van der Waals surface area contributed by atoms with E-state index in [0.717, 1.165) is 12.8 Å². The molecule has 1 N–H and O–H groups in total. The van der Waals surface area contributed by atoms with Crippen molar-refractivity contribution in [3.63, 3.8) is 0 Å². The van der Waals surface area contributed by atoms with Gasteiger partial charge >= 0.3 is 5.97 Å². The van der Waals surface area contributed by atoms with E-state index in [4.69, 9.17) is 14.7 Å². The summed E-state index contributed by atoms with van der Waals surface area (Å²) in [4.78, 5) is 11.2. The number of rotatable bonds is 6. The third-order valence-corrected chi connectivity index (χ3v) is 4.67. The number of ether oxygens (including phenoxy) is 3. The van der Waals surface area contributed by atoms with Gasteiger partial charge in [0, 0.05) is 18.8 Å². The Morgan fingerprint density at radius 3 is 2.91 bits per heavy atom. The van der Waals surface area contributed by atoms with E-state index in [1.54, 1.807) is 0 Å². The zero-order valence-electron chi connectivity index (χ0n) is 13.3. The van der Waals surface area contributed by atoms with Crippen molar-refractivity contribution in [1.82, 2.24) is 0 Å². The van der Waals surface area contributed by atoms with Crippen LogP contribution < -0.4 is 0 Å². The van der Waals surface area contributed by atoms with Crippen LogP contribution in [-0.4, -0.2) is 48.7 Å². The van der Waals surface area contributed by atoms with E-state index >= 15 is 0 Å². The molecule has 0 amide bonds. The van der Waals surface area contributed by atoms with Crippen molar-refractivity contribution in [2.75, 3.05) is 13.7 Å². The number of aliphatic hydroxyl groups is 1. The Morgan fingerprint density at radius 1 is 1.50 bits per heavy atom. The van der Waals surface area contributed by atoms with Gasteiger partial charge in [0.05, 0.1) is 38.1 Å². The maximum Gasteiger partial charge on any atom is 0.305 e. The number of esters is 1. The van der Waals surface area contributed by atoms with E-state index in [0.29, 0.717) is 25.7 Å². The van der Waals surface area contributed by atoms with Crippen molar-refractivity contribution >= 4 is 5.97 Å². The molecule has 2 aliphatic heterocycles. The summed E-state index contributed by atoms with van der Waals surface area (Å²) >= 11 is 0. The van der Waals surface area contributed by atoms with E-state index in [1.807, 2.05) is 6.92 Å². The molecular formula is C16H25NO5. The summed E-state index contributed by atoms with van der Waals surface area (Å²) in [5, 5.41) is 18.8. The lowest BCUT2D eigenvalue weighted by Crippen LogP contribution is -2.51. The summed E-state index contributed by atoms with van der Waals surface area (Å²) in [6.45, 7) is 1.79. The van der Waals surface area contributed by atoms with Crippen molar-refractivity contribution in [2.45, 2.75) is 69.4 Å². The molecule has 6 heteroatoms. The first-order valence-corrected chi connectivity index (χ1v) is 7.93. The number of carbonyl (C=O) groups excluding carboxylic acids is 1. The van der Waals surface area contributed by atoms with Gasteiger partial charge in [0.2, 0.25) is 0 Å². The first kappa shape index (κ1) is 17.2. The highest BCUT2D eigenvalue weighted by Crippen LogP contribution is 2.43. The Hall–Kier alpha value is -1.16. The van der Waals surface area contributed by atoms with Crippen LogP contribution in [-0.2, 0) is 19.0 Å². The highest BCUT2D eigenvalue weighted by molar-refractivity contribution is 5.69. The smallest absolute Gasteiger partial charge is 0.305 e. The molecule has 0 bridgehead atoms. The molecule has 5 atom stereocenters. The van der Waals surface area contributed by atoms with Crippen LogP contribution in [0.1, 0.15) is 45.4 Å². The largest absolute Gasteiger partial charge is 0.469 e. The summed E-state index contributed by atoms with van der Waals surface area (Å²) in [5.41, 5.74) is -0.682. The van der Waals surface area contributed by atoms with Crippen LogP contribution in [0.2, 0.25) is 0 Å². The average Bonchev–Trinajstić information content (AvgIpc) is 2.90. The minimum Gasteiger partial charge on any atom is -0.469 e. The maximum absolute atomic E-state index is 11.2. The van der Waals surface area contributed by atoms with Crippen LogP contribution in [0.4, 0.5) is 0 Å². The summed E-state index contributed by atoms with van der Waals surface area (Å²) in [7, 11) is 1.37. The van der Waals surface area contributed by atoms with Gasteiger partial charge in [-0.1, -0.05) is 0 Å². The van der Waals surface area contributed by atoms with Crippen molar-refractivity contribution in [2.24, 2.45) is 5.92 Å². The SMILES string of the molecule is COC(=O)CC[C@H]1CC2(CO)OC(C[C@@H](C)C#N)CC[C@@H]2O1. The van der Waals surface area contributed by atoms with Crippen LogP contribution in [0.15, 0.2) is 0 Å². The van der Waals surface area contributed by atoms with E-state index in [1.165, 1.54) is 7.11 Å². The van der Waals surface area contributed by atoms with Gasteiger partial charge in [0.25, 0.3) is 0 Å². The van der Waals surface area contributed by atoms with E-state index in [-0.39, 0.29) is 36.8 Å². The number of nitrogens with zero attached hydrogens (tertiary/aromatic N) is 1. The van der Waals surface area contributed by atoms with Gasteiger partial charge in [0.15, 0.2) is 0 Å². The fourth-order valence-electron chi connectivity index (χ4n) is 3.47. The Morgan fingerprint density at radius 2 is 2.27 bits per heavy atom. The van der Waals surface area contributed by atoms with Gasteiger partial charge < -0.3 is 19.3 Å². The molecule has 0 aromatic carbocycles. The normalized spacial score (nSPS) is 35.5. The first-order chi connectivity index (χ1) is 10.5. The summed E-state index contributed by atoms with van der Waals surface area (Å²) in [6, 6.07) is 2.23. The summed E-state index contributed by atoms with van der Waals surface area (Å²) in [6.07, 6.45) is 3.57. The highest BCUT2D eigenvalue weighted by atomic mass is 16.6. The highest BCUT2D eigenvalue weighted by Gasteiger charge is 2.52. The third-order valence-electron chi connectivity index (χ3n) is 4.67. The van der Waals surface area contributed by atoms with Crippen molar-refractivity contribution in [1.29, 1.82) is 5.26 Å². The van der Waals surface area contributed by atoms with Gasteiger partial charge in [-0.05, 0) is 32.6 Å². The first-order valence-electron chi connectivity index (χ1n) is 7.93. The van der Waals surface area contributed by atoms with Crippen LogP contribution in [0.3, 0.4) is 0 Å². The van der Waals surface area contributed by atoms with Crippen molar-refractivity contribution in [3.05, 3.63) is 0 Å². The number of hydrogen-bond donors (Lipinski definition) is 1. The molecule has 124 valence electrons. The predicted molar refractivity (Wildman–Crippen MR) is 77.8 cm³/mol. The fraction of sp³-hybridized carbons (Fsp3) is 0.875. The quantitative estimate of drug-likeness (QED) is 0.749. The molecule has 2 heterocycles. The molecule has 2 fully saturated rings. The molecule has 0 radical (unpaired) electrons. The minimum absolute atomic E-state index is 0.0130. The van der Waals surface area contributed by atoms with Gasteiger partial charge in [-0.15, -0.1) is 0 Å². The zero-order chi connectivity index (χ0) is 16.2. The van der Waals surface area contributed by atoms with Crippen LogP contribution in [0, 0.1) is 17.2 Å². The second-order valence-electron chi connectivity index (χ2n) is 6.37. The lowest BCUT2D eigenvalue weighted by molar-refractivity contribution is -0.185. The number of hydrogen-bond acceptors (Lipinski definition) is 6. The molecule has 0 aliphatic carbocycles. The number of nitriles is 1. The second-order valence-corrected chi connectivity index (χ2v) is 6.37. The summed E-state index contributed by atoms with van der Waals surface area (Å²) < 4.78 is 16.8. The molecule has 2 unspecified atom stereocenters. The fourth-order valence-corrected chi connectivity index (χ4v) is 3.47. The topological polar surface area (TPSA) is 88.8 Å². The van der Waals surface area contributed by atoms with Crippen LogP contribution in [0.25, 0.3) is 0 Å². The molecule has 0 aromatic rings. The molecule has 2 rings (SSSR count). The number of aliphatic hydroxyl groups excluding tert-OH is 1. The van der Waals surface area contributed by atoms with Crippen molar-refractivity contribution < 1.29 is 24.1 Å². The summed E-state index contributed by atoms with van der Waals surface area (Å²) in [5.74, 6) is -0.312. The average molecular weight is 311 g/mol. The van der Waals surface area contributed by atoms with Crippen molar-refractivity contribution in [3.8, 4) is 6.07 Å². The number of methoxy groups -OCH3 is 1. The van der Waals surface area contributed by atoms with Gasteiger partial charge in [0.1, 0.15) is 5.60 Å². The Balaban J connectivity index is 1.94. The molecule has 2 aliphatic rings. The zero-order valence-corrected chi connectivity index (χ0v) is 13.3. The number of carbonyl (C=O) groups is 1.